The molecule has 0 atom stereocenters. The summed E-state index contributed by atoms with van der Waals surface area (Å²) in [5, 5.41) is 0.627. The molecule has 1 heterocycles. The number of hydrogen-bond donors (Lipinski definition) is 0. The number of piperidine rings is 1. The van der Waals surface area contributed by atoms with Crippen LogP contribution in [0.5, 0.6) is 11.5 Å². The van der Waals surface area contributed by atoms with Gasteiger partial charge in [0.15, 0.2) is 0 Å². The van der Waals surface area contributed by atoms with Gasteiger partial charge in [0.25, 0.3) is 0 Å². The molecule has 0 bridgehead atoms. The van der Waals surface area contributed by atoms with Crippen molar-refractivity contribution in [2.75, 3.05) is 13.1 Å². The number of amides is 1. The van der Waals surface area contributed by atoms with E-state index in [1.807, 2.05) is 59.5 Å². The molecule has 0 aromatic heterocycles. The Morgan fingerprint density at radius 2 is 1.69 bits per heavy atom. The SMILES string of the molecule is O=C(Cc1ccccc1Cl)N1CCC(Oc2ccc(OCc3cccc(F)c3)cc2)CC1. The average Bonchev–Trinajstić information content (AvgIpc) is 2.81. The highest BCUT2D eigenvalue weighted by Crippen LogP contribution is 2.24. The lowest BCUT2D eigenvalue weighted by atomic mass is 10.1. The van der Waals surface area contributed by atoms with Crippen LogP contribution in [0.2, 0.25) is 5.02 Å². The number of benzene rings is 3. The van der Waals surface area contributed by atoms with Crippen molar-refractivity contribution in [3.63, 3.8) is 0 Å². The van der Waals surface area contributed by atoms with E-state index in [1.54, 1.807) is 6.07 Å². The molecule has 32 heavy (non-hydrogen) atoms. The molecule has 4 nitrogen and oxygen atoms in total. The van der Waals surface area contributed by atoms with E-state index >= 15 is 0 Å². The Kier molecular flexibility index (Phi) is 7.28. The van der Waals surface area contributed by atoms with E-state index in [0.29, 0.717) is 36.9 Å². The fourth-order valence-corrected chi connectivity index (χ4v) is 3.94. The van der Waals surface area contributed by atoms with Gasteiger partial charge in [-0.25, -0.2) is 4.39 Å². The summed E-state index contributed by atoms with van der Waals surface area (Å²) in [6, 6.07) is 21.3. The van der Waals surface area contributed by atoms with Crippen LogP contribution < -0.4 is 9.47 Å². The van der Waals surface area contributed by atoms with Gasteiger partial charge in [-0.3, -0.25) is 4.79 Å². The van der Waals surface area contributed by atoms with Crippen LogP contribution in [0.15, 0.2) is 72.8 Å². The summed E-state index contributed by atoms with van der Waals surface area (Å²) in [7, 11) is 0. The third kappa shape index (κ3) is 6.01. The normalized spacial score (nSPS) is 14.2. The molecule has 0 saturated carbocycles. The Labute approximate surface area is 192 Å². The third-order valence-corrected chi connectivity index (χ3v) is 5.88. The van der Waals surface area contributed by atoms with Crippen molar-refractivity contribution < 1.29 is 18.7 Å². The van der Waals surface area contributed by atoms with Crippen LogP contribution >= 0.6 is 11.6 Å². The summed E-state index contributed by atoms with van der Waals surface area (Å²) in [5.74, 6) is 1.29. The molecule has 0 radical (unpaired) electrons. The molecule has 0 N–H and O–H groups in total. The first-order valence-electron chi connectivity index (χ1n) is 10.7. The molecule has 3 aromatic carbocycles. The zero-order valence-electron chi connectivity index (χ0n) is 17.7. The van der Waals surface area contributed by atoms with Gasteiger partial charge in [0.1, 0.15) is 30.0 Å². The van der Waals surface area contributed by atoms with E-state index in [0.717, 1.165) is 29.7 Å². The first-order valence-corrected chi connectivity index (χ1v) is 11.1. The van der Waals surface area contributed by atoms with Crippen LogP contribution in [-0.4, -0.2) is 30.0 Å². The Balaban J connectivity index is 1.22. The molecule has 4 rings (SSSR count). The minimum absolute atomic E-state index is 0.0680. The lowest BCUT2D eigenvalue weighted by molar-refractivity contribution is -0.132. The Morgan fingerprint density at radius 1 is 0.969 bits per heavy atom. The fourth-order valence-electron chi connectivity index (χ4n) is 3.74. The predicted molar refractivity (Wildman–Crippen MR) is 123 cm³/mol. The Bertz CT molecular complexity index is 1050. The minimum atomic E-state index is -0.272. The van der Waals surface area contributed by atoms with Crippen molar-refractivity contribution in [2.24, 2.45) is 0 Å². The van der Waals surface area contributed by atoms with Crippen LogP contribution in [-0.2, 0) is 17.8 Å². The van der Waals surface area contributed by atoms with Gasteiger partial charge in [-0.15, -0.1) is 0 Å². The van der Waals surface area contributed by atoms with Gasteiger partial charge >= 0.3 is 0 Å². The molecule has 1 saturated heterocycles. The highest BCUT2D eigenvalue weighted by Gasteiger charge is 2.24. The standard InChI is InChI=1S/C26H25ClFNO3/c27-25-7-2-1-5-20(25)17-26(30)29-14-12-24(13-15-29)32-23-10-8-22(9-11-23)31-18-19-4-3-6-21(28)16-19/h1-11,16,24H,12-15,17-18H2. The van der Waals surface area contributed by atoms with Crippen molar-refractivity contribution in [1.29, 1.82) is 0 Å². The topological polar surface area (TPSA) is 38.8 Å². The molecular weight excluding hydrogens is 429 g/mol. The van der Waals surface area contributed by atoms with E-state index in [1.165, 1.54) is 12.1 Å². The van der Waals surface area contributed by atoms with E-state index in [-0.39, 0.29) is 17.8 Å². The number of likely N-dealkylation sites (tertiary alicyclic amines) is 1. The van der Waals surface area contributed by atoms with Crippen LogP contribution in [0.1, 0.15) is 24.0 Å². The van der Waals surface area contributed by atoms with Gasteiger partial charge in [0.05, 0.1) is 6.42 Å². The fraction of sp³-hybridized carbons (Fsp3) is 0.269. The third-order valence-electron chi connectivity index (χ3n) is 5.52. The minimum Gasteiger partial charge on any atom is -0.490 e. The quantitative estimate of drug-likeness (QED) is 0.462. The molecule has 0 unspecified atom stereocenters. The summed E-state index contributed by atoms with van der Waals surface area (Å²) in [4.78, 5) is 14.5. The lowest BCUT2D eigenvalue weighted by Gasteiger charge is -2.32. The molecule has 0 aliphatic carbocycles. The summed E-state index contributed by atoms with van der Waals surface area (Å²) in [5.41, 5.74) is 1.64. The number of halogens is 2. The second-order valence-electron chi connectivity index (χ2n) is 7.86. The summed E-state index contributed by atoms with van der Waals surface area (Å²) >= 11 is 6.17. The van der Waals surface area contributed by atoms with E-state index in [2.05, 4.69) is 0 Å². The number of nitrogens with zero attached hydrogens (tertiary/aromatic N) is 1. The number of carbonyl (C=O) groups is 1. The molecule has 0 spiro atoms. The Hall–Kier alpha value is -3.05. The molecule has 1 fully saturated rings. The smallest absolute Gasteiger partial charge is 0.227 e. The number of rotatable bonds is 7. The highest BCUT2D eigenvalue weighted by atomic mass is 35.5. The number of carbonyl (C=O) groups excluding carboxylic acids is 1. The van der Waals surface area contributed by atoms with Gasteiger partial charge in [-0.1, -0.05) is 41.9 Å². The first kappa shape index (κ1) is 22.2. The molecule has 1 aliphatic rings. The number of ether oxygens (including phenoxy) is 2. The molecule has 6 heteroatoms. The van der Waals surface area contributed by atoms with Crippen LogP contribution in [0.3, 0.4) is 0 Å². The number of hydrogen-bond acceptors (Lipinski definition) is 3. The van der Waals surface area contributed by atoms with Crippen molar-refractivity contribution in [1.82, 2.24) is 4.90 Å². The maximum absolute atomic E-state index is 13.3. The van der Waals surface area contributed by atoms with E-state index in [9.17, 15) is 9.18 Å². The average molecular weight is 454 g/mol. The largest absolute Gasteiger partial charge is 0.490 e. The van der Waals surface area contributed by atoms with Gasteiger partial charge < -0.3 is 14.4 Å². The maximum Gasteiger partial charge on any atom is 0.227 e. The molecular formula is C26H25ClFNO3. The van der Waals surface area contributed by atoms with Gasteiger partial charge in [0.2, 0.25) is 5.91 Å². The second-order valence-corrected chi connectivity index (χ2v) is 8.26. The van der Waals surface area contributed by atoms with Gasteiger partial charge in [-0.05, 0) is 53.6 Å². The summed E-state index contributed by atoms with van der Waals surface area (Å²) < 4.78 is 25.1. The molecule has 3 aromatic rings. The van der Waals surface area contributed by atoms with Crippen molar-refractivity contribution in [3.05, 3.63) is 94.8 Å². The van der Waals surface area contributed by atoms with Crippen LogP contribution in [0, 0.1) is 5.82 Å². The van der Waals surface area contributed by atoms with Crippen LogP contribution in [0.4, 0.5) is 4.39 Å². The predicted octanol–water partition coefficient (Wildman–Crippen LogP) is 5.67. The first-order chi connectivity index (χ1) is 15.6. The zero-order valence-corrected chi connectivity index (χ0v) is 18.4. The molecule has 1 amide bonds. The maximum atomic E-state index is 13.3. The molecule has 166 valence electrons. The van der Waals surface area contributed by atoms with E-state index in [4.69, 9.17) is 21.1 Å². The highest BCUT2D eigenvalue weighted by molar-refractivity contribution is 6.31. The monoisotopic (exact) mass is 453 g/mol. The summed E-state index contributed by atoms with van der Waals surface area (Å²) in [6.07, 6.45) is 1.96. The van der Waals surface area contributed by atoms with Gasteiger partial charge in [0, 0.05) is 31.0 Å². The Morgan fingerprint density at radius 3 is 2.41 bits per heavy atom. The van der Waals surface area contributed by atoms with Gasteiger partial charge in [-0.2, -0.15) is 0 Å². The van der Waals surface area contributed by atoms with Crippen molar-refractivity contribution >= 4 is 17.5 Å². The second kappa shape index (κ2) is 10.5. The molecule has 1 aliphatic heterocycles. The zero-order chi connectivity index (χ0) is 22.3. The van der Waals surface area contributed by atoms with E-state index < -0.39 is 0 Å². The van der Waals surface area contributed by atoms with Crippen molar-refractivity contribution in [2.45, 2.75) is 32.0 Å². The van der Waals surface area contributed by atoms with Crippen molar-refractivity contribution in [3.8, 4) is 11.5 Å². The van der Waals surface area contributed by atoms with Crippen LogP contribution in [0.25, 0.3) is 0 Å². The summed E-state index contributed by atoms with van der Waals surface area (Å²) in [6.45, 7) is 1.64. The lowest BCUT2D eigenvalue weighted by Crippen LogP contribution is -2.42.